The van der Waals surface area contributed by atoms with Crippen molar-refractivity contribution in [1.82, 2.24) is 10.2 Å². The maximum absolute atomic E-state index is 12.1. The van der Waals surface area contributed by atoms with E-state index in [0.717, 1.165) is 22.9 Å². The fourth-order valence-electron chi connectivity index (χ4n) is 2.16. The lowest BCUT2D eigenvalue weighted by Crippen LogP contribution is -2.11. The quantitative estimate of drug-likeness (QED) is 0.385. The monoisotopic (exact) mass is 355 g/mol. The molecule has 0 aliphatic carbocycles. The van der Waals surface area contributed by atoms with Gasteiger partial charge in [0, 0.05) is 11.3 Å². The molecule has 1 N–H and O–H groups in total. The number of thioether (sulfide) groups is 1. The number of aryl methyl sites for hydroxylation is 1. The van der Waals surface area contributed by atoms with Crippen molar-refractivity contribution in [3.8, 4) is 0 Å². The molecule has 0 unspecified atom stereocenters. The van der Waals surface area contributed by atoms with E-state index in [1.54, 1.807) is 23.9 Å². The van der Waals surface area contributed by atoms with Gasteiger partial charge in [-0.25, -0.2) is 0 Å². The molecule has 1 aromatic heterocycles. The van der Waals surface area contributed by atoms with Crippen LogP contribution in [0.15, 0.2) is 65.0 Å². The normalized spacial score (nSPS) is 10.5. The standard InChI is InChI=1S/C18H17N3OS2/c22-16(15-11-5-2-6-12-15)19-17-20-21-18(24-17)23-13-7-10-14-8-3-1-4-9-14/h1-6,8-9,11-12H,7,10,13H2,(H,19,20,22). The first-order chi connectivity index (χ1) is 11.8. The lowest BCUT2D eigenvalue weighted by Gasteiger charge is -2.00. The van der Waals surface area contributed by atoms with E-state index in [4.69, 9.17) is 0 Å². The highest BCUT2D eigenvalue weighted by atomic mass is 32.2. The second-order valence-corrected chi connectivity index (χ2v) is 7.45. The Morgan fingerprint density at radius 1 is 1.00 bits per heavy atom. The van der Waals surface area contributed by atoms with Crippen LogP contribution in [0.25, 0.3) is 0 Å². The highest BCUT2D eigenvalue weighted by Crippen LogP contribution is 2.26. The van der Waals surface area contributed by atoms with E-state index in [1.807, 2.05) is 24.3 Å². The maximum atomic E-state index is 12.1. The number of carbonyl (C=O) groups excluding carboxylic acids is 1. The van der Waals surface area contributed by atoms with Crippen molar-refractivity contribution in [2.75, 3.05) is 11.1 Å². The van der Waals surface area contributed by atoms with Gasteiger partial charge < -0.3 is 0 Å². The Labute approximate surface area is 149 Å². The predicted molar refractivity (Wildman–Crippen MR) is 99.8 cm³/mol. The Kier molecular flexibility index (Phi) is 5.98. The predicted octanol–water partition coefficient (Wildman–Crippen LogP) is 4.52. The van der Waals surface area contributed by atoms with E-state index in [2.05, 4.69) is 39.8 Å². The number of anilines is 1. The SMILES string of the molecule is O=C(Nc1nnc(SCCCc2ccccc2)s1)c1ccccc1. The van der Waals surface area contributed by atoms with E-state index in [0.29, 0.717) is 10.7 Å². The summed E-state index contributed by atoms with van der Waals surface area (Å²) >= 11 is 3.09. The minimum absolute atomic E-state index is 0.160. The van der Waals surface area contributed by atoms with Crippen molar-refractivity contribution in [2.45, 2.75) is 17.2 Å². The van der Waals surface area contributed by atoms with Crippen LogP contribution in [-0.4, -0.2) is 21.9 Å². The van der Waals surface area contributed by atoms with Gasteiger partial charge in [-0.1, -0.05) is 71.6 Å². The Balaban J connectivity index is 1.45. The third kappa shape index (κ3) is 4.91. The molecule has 3 aromatic rings. The van der Waals surface area contributed by atoms with Crippen LogP contribution in [0.2, 0.25) is 0 Å². The van der Waals surface area contributed by atoms with Gasteiger partial charge >= 0.3 is 0 Å². The second kappa shape index (κ2) is 8.61. The lowest BCUT2D eigenvalue weighted by atomic mass is 10.1. The minimum Gasteiger partial charge on any atom is -0.296 e. The summed E-state index contributed by atoms with van der Waals surface area (Å²) in [5.74, 6) is 0.822. The molecular formula is C18H17N3OS2. The number of nitrogens with zero attached hydrogens (tertiary/aromatic N) is 2. The topological polar surface area (TPSA) is 54.9 Å². The van der Waals surface area contributed by atoms with E-state index in [1.165, 1.54) is 16.9 Å². The summed E-state index contributed by atoms with van der Waals surface area (Å²) in [6.45, 7) is 0. The maximum Gasteiger partial charge on any atom is 0.257 e. The van der Waals surface area contributed by atoms with Crippen LogP contribution in [0.1, 0.15) is 22.3 Å². The first-order valence-corrected chi connectivity index (χ1v) is 9.48. The number of benzene rings is 2. The van der Waals surface area contributed by atoms with Crippen LogP contribution in [0.4, 0.5) is 5.13 Å². The van der Waals surface area contributed by atoms with Crippen LogP contribution >= 0.6 is 23.1 Å². The van der Waals surface area contributed by atoms with Gasteiger partial charge in [-0.05, 0) is 30.5 Å². The van der Waals surface area contributed by atoms with Crippen LogP contribution in [0.5, 0.6) is 0 Å². The molecule has 4 nitrogen and oxygen atoms in total. The number of aromatic nitrogens is 2. The molecule has 2 aromatic carbocycles. The zero-order valence-electron chi connectivity index (χ0n) is 13.0. The molecule has 6 heteroatoms. The number of hydrogen-bond acceptors (Lipinski definition) is 5. The van der Waals surface area contributed by atoms with E-state index in [9.17, 15) is 4.79 Å². The van der Waals surface area contributed by atoms with Crippen molar-refractivity contribution >= 4 is 34.1 Å². The Hall–Kier alpha value is -2.18. The molecule has 1 heterocycles. The van der Waals surface area contributed by atoms with Crippen LogP contribution in [-0.2, 0) is 6.42 Å². The Morgan fingerprint density at radius 2 is 1.71 bits per heavy atom. The molecule has 0 fully saturated rings. The smallest absolute Gasteiger partial charge is 0.257 e. The molecule has 0 atom stereocenters. The largest absolute Gasteiger partial charge is 0.296 e. The third-order valence-electron chi connectivity index (χ3n) is 3.34. The van der Waals surface area contributed by atoms with Crippen LogP contribution in [0.3, 0.4) is 0 Å². The molecule has 0 aliphatic rings. The molecule has 24 heavy (non-hydrogen) atoms. The molecule has 1 amide bonds. The van der Waals surface area contributed by atoms with Gasteiger partial charge in [0.05, 0.1) is 0 Å². The summed E-state index contributed by atoms with van der Waals surface area (Å²) in [5, 5.41) is 11.5. The summed E-state index contributed by atoms with van der Waals surface area (Å²) < 4.78 is 0.881. The summed E-state index contributed by atoms with van der Waals surface area (Å²) in [7, 11) is 0. The first-order valence-electron chi connectivity index (χ1n) is 7.68. The molecule has 0 spiro atoms. The van der Waals surface area contributed by atoms with Gasteiger partial charge in [-0.3, -0.25) is 10.1 Å². The molecule has 0 aliphatic heterocycles. The molecule has 122 valence electrons. The third-order valence-corrected chi connectivity index (χ3v) is 5.40. The highest BCUT2D eigenvalue weighted by molar-refractivity contribution is 8.01. The van der Waals surface area contributed by atoms with Gasteiger partial charge in [0.25, 0.3) is 5.91 Å². The first kappa shape index (κ1) is 16.7. The van der Waals surface area contributed by atoms with Crippen molar-refractivity contribution in [2.24, 2.45) is 0 Å². The number of carbonyl (C=O) groups is 1. The molecule has 0 saturated carbocycles. The summed E-state index contributed by atoms with van der Waals surface area (Å²) in [6.07, 6.45) is 2.14. The van der Waals surface area contributed by atoms with Gasteiger partial charge in [0.2, 0.25) is 5.13 Å². The summed E-state index contributed by atoms with van der Waals surface area (Å²) in [4.78, 5) is 12.1. The van der Waals surface area contributed by atoms with Crippen molar-refractivity contribution in [3.05, 3.63) is 71.8 Å². The molecule has 0 saturated heterocycles. The van der Waals surface area contributed by atoms with E-state index < -0.39 is 0 Å². The van der Waals surface area contributed by atoms with Gasteiger partial charge in [-0.15, -0.1) is 10.2 Å². The highest BCUT2D eigenvalue weighted by Gasteiger charge is 2.10. The van der Waals surface area contributed by atoms with Crippen molar-refractivity contribution in [1.29, 1.82) is 0 Å². The molecule has 0 radical (unpaired) electrons. The Bertz CT molecular complexity index is 775. The minimum atomic E-state index is -0.160. The average Bonchev–Trinajstić information content (AvgIpc) is 3.08. The summed E-state index contributed by atoms with van der Waals surface area (Å²) in [5.41, 5.74) is 1.97. The second-order valence-electron chi connectivity index (χ2n) is 5.13. The van der Waals surface area contributed by atoms with Crippen molar-refractivity contribution < 1.29 is 4.79 Å². The van der Waals surface area contributed by atoms with Gasteiger partial charge in [0.15, 0.2) is 4.34 Å². The van der Waals surface area contributed by atoms with Crippen LogP contribution < -0.4 is 5.32 Å². The van der Waals surface area contributed by atoms with Crippen LogP contribution in [0, 0.1) is 0 Å². The Morgan fingerprint density at radius 3 is 2.46 bits per heavy atom. The fraction of sp³-hybridized carbons (Fsp3) is 0.167. The summed E-state index contributed by atoms with van der Waals surface area (Å²) in [6, 6.07) is 19.6. The van der Waals surface area contributed by atoms with Gasteiger partial charge in [0.1, 0.15) is 0 Å². The fourth-order valence-corrected chi connectivity index (χ4v) is 3.91. The zero-order valence-corrected chi connectivity index (χ0v) is 14.6. The van der Waals surface area contributed by atoms with Crippen molar-refractivity contribution in [3.63, 3.8) is 0 Å². The number of nitrogens with one attached hydrogen (secondary N) is 1. The zero-order chi connectivity index (χ0) is 16.6. The molecule has 3 rings (SSSR count). The van der Waals surface area contributed by atoms with E-state index >= 15 is 0 Å². The van der Waals surface area contributed by atoms with E-state index in [-0.39, 0.29) is 5.91 Å². The number of rotatable bonds is 7. The lowest BCUT2D eigenvalue weighted by molar-refractivity contribution is 0.102. The van der Waals surface area contributed by atoms with Gasteiger partial charge in [-0.2, -0.15) is 0 Å². The molecule has 0 bridgehead atoms. The average molecular weight is 355 g/mol. The number of hydrogen-bond donors (Lipinski definition) is 1. The number of amides is 1. The molecular weight excluding hydrogens is 338 g/mol.